The van der Waals surface area contributed by atoms with Gasteiger partial charge in [0, 0.05) is 33.1 Å². The summed E-state index contributed by atoms with van der Waals surface area (Å²) in [6.45, 7) is 5.94. The van der Waals surface area contributed by atoms with Crippen molar-refractivity contribution in [3.05, 3.63) is 24.0 Å². The van der Waals surface area contributed by atoms with Gasteiger partial charge in [-0.15, -0.1) is 0 Å². The van der Waals surface area contributed by atoms with Crippen LogP contribution in [-0.2, 0) is 14.3 Å². The maximum absolute atomic E-state index is 14.8. The molecule has 0 radical (unpaired) electrons. The van der Waals surface area contributed by atoms with Crippen LogP contribution in [0.5, 0.6) is 0 Å². The fourth-order valence-electron chi connectivity index (χ4n) is 3.67. The van der Waals surface area contributed by atoms with Crippen LogP contribution >= 0.6 is 0 Å². The van der Waals surface area contributed by atoms with Gasteiger partial charge in [0.2, 0.25) is 5.91 Å². The van der Waals surface area contributed by atoms with Gasteiger partial charge in [0.05, 0.1) is 31.0 Å². The third-order valence-corrected chi connectivity index (χ3v) is 5.16. The molecule has 4 rings (SSSR count). The molecule has 1 unspecified atom stereocenters. The molecule has 2 fully saturated rings. The maximum Gasteiger partial charge on any atom is 0.414 e. The minimum absolute atomic E-state index is 0.193. The van der Waals surface area contributed by atoms with Crippen LogP contribution in [0.2, 0.25) is 0 Å². The molecule has 1 atom stereocenters. The Labute approximate surface area is 168 Å². The normalized spacial score (nSPS) is 21.7. The number of halogens is 1. The molecule has 3 aliphatic heterocycles. The van der Waals surface area contributed by atoms with Crippen LogP contribution in [0.15, 0.2) is 23.2 Å². The second-order valence-corrected chi connectivity index (χ2v) is 7.18. The molecular formula is C19H24FN5O4. The van der Waals surface area contributed by atoms with E-state index >= 15 is 0 Å². The smallest absolute Gasteiger partial charge is 0.414 e. The second-order valence-electron chi connectivity index (χ2n) is 7.18. The van der Waals surface area contributed by atoms with E-state index in [-0.39, 0.29) is 24.8 Å². The number of anilines is 2. The molecule has 10 heteroatoms. The van der Waals surface area contributed by atoms with Gasteiger partial charge < -0.3 is 24.6 Å². The molecule has 3 aliphatic rings. The highest BCUT2D eigenvalue weighted by atomic mass is 19.1. The fraction of sp³-hybridized carbons (Fsp3) is 0.526. The molecule has 0 aromatic heterocycles. The van der Waals surface area contributed by atoms with Crippen LogP contribution in [0.4, 0.5) is 20.6 Å². The van der Waals surface area contributed by atoms with Crippen molar-refractivity contribution < 1.29 is 23.5 Å². The zero-order valence-corrected chi connectivity index (χ0v) is 16.3. The number of aliphatic imine (C=N–C) groups is 1. The molecule has 0 aliphatic carbocycles. The Hall–Kier alpha value is -3.04. The molecular weight excluding hydrogens is 381 g/mol. The summed E-state index contributed by atoms with van der Waals surface area (Å²) >= 11 is 0. The van der Waals surface area contributed by atoms with E-state index in [4.69, 9.17) is 9.47 Å². The van der Waals surface area contributed by atoms with Gasteiger partial charge in [0.25, 0.3) is 6.02 Å². The summed E-state index contributed by atoms with van der Waals surface area (Å²) in [5.74, 6) is -0.579. The van der Waals surface area contributed by atoms with E-state index in [0.717, 1.165) is 0 Å². The van der Waals surface area contributed by atoms with Gasteiger partial charge in [-0.25, -0.2) is 14.2 Å². The van der Waals surface area contributed by atoms with Crippen LogP contribution < -0.4 is 15.1 Å². The molecule has 3 heterocycles. The molecule has 156 valence electrons. The summed E-state index contributed by atoms with van der Waals surface area (Å²) < 4.78 is 25.6. The predicted octanol–water partition coefficient (Wildman–Crippen LogP) is 0.795. The van der Waals surface area contributed by atoms with Crippen molar-refractivity contribution in [2.75, 3.05) is 62.2 Å². The van der Waals surface area contributed by atoms with E-state index in [1.54, 1.807) is 12.1 Å². The fourth-order valence-corrected chi connectivity index (χ4v) is 3.67. The first-order chi connectivity index (χ1) is 14.0. The van der Waals surface area contributed by atoms with Crippen molar-refractivity contribution in [1.82, 2.24) is 10.2 Å². The number of nitrogens with one attached hydrogen (secondary N) is 1. The topological polar surface area (TPSA) is 86.7 Å². The first-order valence-electron chi connectivity index (χ1n) is 9.70. The van der Waals surface area contributed by atoms with Gasteiger partial charge in [-0.05, 0) is 18.2 Å². The lowest BCUT2D eigenvalue weighted by Crippen LogP contribution is -2.49. The molecule has 0 saturated carbocycles. The highest BCUT2D eigenvalue weighted by molar-refractivity contribution is 5.90. The number of carbonyl (C=O) groups is 2. The van der Waals surface area contributed by atoms with Gasteiger partial charge in [-0.3, -0.25) is 9.69 Å². The highest BCUT2D eigenvalue weighted by Crippen LogP contribution is 2.28. The third kappa shape index (κ3) is 4.20. The van der Waals surface area contributed by atoms with Crippen molar-refractivity contribution in [3.8, 4) is 0 Å². The summed E-state index contributed by atoms with van der Waals surface area (Å²) in [5, 5.41) is 2.62. The number of amides is 2. The van der Waals surface area contributed by atoms with E-state index < -0.39 is 12.2 Å². The van der Waals surface area contributed by atoms with Crippen LogP contribution in [0, 0.1) is 5.82 Å². The molecule has 2 saturated heterocycles. The van der Waals surface area contributed by atoms with Crippen molar-refractivity contribution in [3.63, 3.8) is 0 Å². The first kappa shape index (κ1) is 19.3. The Bertz CT molecular complexity index is 825. The summed E-state index contributed by atoms with van der Waals surface area (Å²) in [6, 6.07) is 5.45. The Balaban J connectivity index is 1.38. The third-order valence-electron chi connectivity index (χ3n) is 5.16. The number of piperazine rings is 1. The maximum atomic E-state index is 14.8. The quantitative estimate of drug-likeness (QED) is 0.797. The number of hydrogen-bond acceptors (Lipinski definition) is 7. The van der Waals surface area contributed by atoms with E-state index in [1.807, 2.05) is 4.90 Å². The average Bonchev–Trinajstić information content (AvgIpc) is 3.36. The molecule has 9 nitrogen and oxygen atoms in total. The number of amidine groups is 1. The average molecular weight is 405 g/mol. The summed E-state index contributed by atoms with van der Waals surface area (Å²) in [6.07, 6.45) is -0.999. The van der Waals surface area contributed by atoms with Gasteiger partial charge >= 0.3 is 6.09 Å². The zero-order chi connectivity index (χ0) is 20.4. The first-order valence-corrected chi connectivity index (χ1v) is 9.70. The van der Waals surface area contributed by atoms with Crippen molar-refractivity contribution in [2.45, 2.75) is 13.0 Å². The molecule has 2 amide bonds. The Kier molecular flexibility index (Phi) is 5.41. The Morgan fingerprint density at radius 1 is 1.28 bits per heavy atom. The van der Waals surface area contributed by atoms with Crippen LogP contribution in [0.25, 0.3) is 0 Å². The molecule has 29 heavy (non-hydrogen) atoms. The molecule has 1 aromatic carbocycles. The number of carbonyl (C=O) groups excluding carboxylic acids is 2. The Morgan fingerprint density at radius 2 is 2.03 bits per heavy atom. The number of benzene rings is 1. The highest BCUT2D eigenvalue weighted by Gasteiger charge is 2.33. The monoisotopic (exact) mass is 405 g/mol. The minimum atomic E-state index is -0.543. The van der Waals surface area contributed by atoms with Crippen LogP contribution in [-0.4, -0.2) is 81.4 Å². The standard InChI is InChI=1S/C19H24FN5O4/c1-13(26)22-11-15-12-25(19(27)29-15)14-2-3-17(16(20)10-14)23-5-7-24(8-6-23)18-21-4-9-28-18/h2-3,10,15H,4-9,11-12H2,1H3,(H,22,26). The van der Waals surface area contributed by atoms with Gasteiger partial charge in [-0.2, -0.15) is 0 Å². The number of cyclic esters (lactones) is 1. The van der Waals surface area contributed by atoms with Crippen LogP contribution in [0.1, 0.15) is 6.92 Å². The van der Waals surface area contributed by atoms with Gasteiger partial charge in [-0.1, -0.05) is 0 Å². The molecule has 1 aromatic rings. The van der Waals surface area contributed by atoms with Crippen molar-refractivity contribution in [1.29, 1.82) is 0 Å². The number of rotatable bonds is 4. The van der Waals surface area contributed by atoms with E-state index in [0.29, 0.717) is 56.7 Å². The predicted molar refractivity (Wildman–Crippen MR) is 105 cm³/mol. The zero-order valence-electron chi connectivity index (χ0n) is 16.3. The SMILES string of the molecule is CC(=O)NCC1CN(c2ccc(N3CCN(C4=NCCO4)CC3)c(F)c2)C(=O)O1. The number of hydrogen-bond donors (Lipinski definition) is 1. The molecule has 0 bridgehead atoms. The molecule has 1 N–H and O–H groups in total. The van der Waals surface area contributed by atoms with Crippen molar-refractivity contribution >= 4 is 29.4 Å². The van der Waals surface area contributed by atoms with Gasteiger partial charge in [0.1, 0.15) is 18.5 Å². The number of nitrogens with zero attached hydrogens (tertiary/aromatic N) is 4. The lowest BCUT2D eigenvalue weighted by Gasteiger charge is -2.36. The second kappa shape index (κ2) is 8.14. The lowest BCUT2D eigenvalue weighted by molar-refractivity contribution is -0.119. The Morgan fingerprint density at radius 3 is 2.69 bits per heavy atom. The largest absolute Gasteiger partial charge is 0.463 e. The van der Waals surface area contributed by atoms with Crippen LogP contribution in [0.3, 0.4) is 0 Å². The van der Waals surface area contributed by atoms with Gasteiger partial charge in [0.15, 0.2) is 0 Å². The summed E-state index contributed by atoms with van der Waals surface area (Å²) in [4.78, 5) is 32.9. The summed E-state index contributed by atoms with van der Waals surface area (Å²) in [7, 11) is 0. The number of ether oxygens (including phenoxy) is 2. The minimum Gasteiger partial charge on any atom is -0.463 e. The summed E-state index contributed by atoms with van der Waals surface area (Å²) in [5.41, 5.74) is 0.943. The van der Waals surface area contributed by atoms with E-state index in [1.165, 1.54) is 17.9 Å². The van der Waals surface area contributed by atoms with Crippen molar-refractivity contribution in [2.24, 2.45) is 4.99 Å². The van der Waals surface area contributed by atoms with E-state index in [9.17, 15) is 14.0 Å². The lowest BCUT2D eigenvalue weighted by atomic mass is 10.2. The molecule has 0 spiro atoms. The van der Waals surface area contributed by atoms with E-state index in [2.05, 4.69) is 15.2 Å².